The van der Waals surface area contributed by atoms with Crippen LogP contribution in [0, 0.1) is 0 Å². The van der Waals surface area contributed by atoms with Gasteiger partial charge in [0.1, 0.15) is 0 Å². The quantitative estimate of drug-likeness (QED) is 0.124. The molecule has 0 fully saturated rings. The van der Waals surface area contributed by atoms with E-state index in [1.54, 1.807) is 0 Å². The van der Waals surface area contributed by atoms with Crippen molar-refractivity contribution in [3.05, 3.63) is 157 Å². The Bertz CT molecular complexity index is 2200. The fourth-order valence-corrected chi connectivity index (χ4v) is 7.10. The van der Waals surface area contributed by atoms with Crippen molar-refractivity contribution in [2.24, 2.45) is 0 Å². The van der Waals surface area contributed by atoms with Crippen molar-refractivity contribution in [2.45, 2.75) is 35.2 Å². The molecule has 6 aromatic carbocycles. The van der Waals surface area contributed by atoms with Gasteiger partial charge in [-0.25, -0.2) is 9.09 Å². The van der Waals surface area contributed by atoms with E-state index in [1.807, 2.05) is 11.8 Å². The monoisotopic (exact) mass is 788 g/mol. The summed E-state index contributed by atoms with van der Waals surface area (Å²) in [6.45, 7) is -3.67. The molecule has 1 aliphatic rings. The lowest BCUT2D eigenvalue weighted by Gasteiger charge is -2.21. The van der Waals surface area contributed by atoms with Crippen LogP contribution < -0.4 is 0 Å². The molecule has 0 spiro atoms. The summed E-state index contributed by atoms with van der Waals surface area (Å²) >= 11 is 1.81. The minimum atomic E-state index is -6.14. The van der Waals surface area contributed by atoms with Crippen LogP contribution in [0.4, 0.5) is 35.1 Å². The minimum absolute atomic E-state index is 0.955. The predicted octanol–water partition coefficient (Wildman–Crippen LogP) is 12.8. The zero-order chi connectivity index (χ0) is 39.1. The highest BCUT2D eigenvalue weighted by Gasteiger charge is 2.62. The molecule has 0 unspecified atom stereocenters. The number of phosphoric acid groups is 1. The van der Waals surface area contributed by atoms with Crippen LogP contribution in [0.5, 0.6) is 0 Å². The van der Waals surface area contributed by atoms with Crippen molar-refractivity contribution < 1.29 is 54.0 Å². The molecule has 280 valence electrons. The zero-order valence-corrected chi connectivity index (χ0v) is 29.4. The zero-order valence-electron chi connectivity index (χ0n) is 27.7. The molecule has 7 rings (SSSR count). The molecule has 2 N–H and O–H groups in total. The van der Waals surface area contributed by atoms with E-state index in [2.05, 4.69) is 150 Å². The van der Waals surface area contributed by atoms with Gasteiger partial charge in [0.25, 0.3) is 0 Å². The molecule has 14 heteroatoms. The van der Waals surface area contributed by atoms with Gasteiger partial charge in [-0.1, -0.05) is 127 Å². The molecule has 0 saturated carbocycles. The molecule has 0 heterocycles. The van der Waals surface area contributed by atoms with Crippen LogP contribution in [0.1, 0.15) is 11.1 Å². The largest absolute Gasteiger partial charge is 0.483 e. The Hall–Kier alpha value is -4.78. The maximum absolute atomic E-state index is 11.6. The summed E-state index contributed by atoms with van der Waals surface area (Å²) in [7, 11) is -5.85. The third-order valence-corrected chi connectivity index (χ3v) is 9.43. The highest BCUT2D eigenvalue weighted by molar-refractivity contribution is 7.99. The maximum atomic E-state index is 11.6. The first-order valence-electron chi connectivity index (χ1n) is 15.9. The first kappa shape index (κ1) is 40.4. The summed E-state index contributed by atoms with van der Waals surface area (Å²) in [5, 5.41) is 0. The Morgan fingerprint density at radius 1 is 0.574 bits per heavy atom. The molecule has 1 aliphatic carbocycles. The topological polar surface area (TPSA) is 66.8 Å². The van der Waals surface area contributed by atoms with Gasteiger partial charge in [-0.05, 0) is 92.4 Å². The lowest BCUT2D eigenvalue weighted by Crippen LogP contribution is -2.38. The van der Waals surface area contributed by atoms with Gasteiger partial charge in [-0.15, -0.1) is 0 Å². The van der Waals surface area contributed by atoms with Crippen LogP contribution in [0.15, 0.2) is 155 Å². The van der Waals surface area contributed by atoms with E-state index in [0.29, 0.717) is 0 Å². The molecule has 0 atom stereocenters. The second kappa shape index (κ2) is 17.1. The summed E-state index contributed by atoms with van der Waals surface area (Å²) in [5.41, 5.74) is 13.3. The summed E-state index contributed by atoms with van der Waals surface area (Å²) < 4.78 is 97.4. The Morgan fingerprint density at radius 2 is 1.04 bits per heavy atom. The van der Waals surface area contributed by atoms with Gasteiger partial charge < -0.3 is 9.79 Å². The first-order chi connectivity index (χ1) is 25.5. The van der Waals surface area contributed by atoms with Gasteiger partial charge in [-0.3, -0.25) is 0 Å². The normalized spacial score (nSPS) is 12.2. The van der Waals surface area contributed by atoms with Crippen molar-refractivity contribution in [3.63, 3.8) is 0 Å². The number of alkyl halides is 8. The van der Waals surface area contributed by atoms with E-state index in [9.17, 15) is 39.7 Å². The van der Waals surface area contributed by atoms with Crippen LogP contribution in [0.25, 0.3) is 44.5 Å². The number of rotatable bonds is 7. The van der Waals surface area contributed by atoms with Gasteiger partial charge in [0.05, 0.1) is 0 Å². The van der Waals surface area contributed by atoms with E-state index in [4.69, 9.17) is 9.79 Å². The van der Waals surface area contributed by atoms with Crippen LogP contribution in [-0.4, -0.2) is 28.8 Å². The molecule has 0 bridgehead atoms. The number of benzene rings is 6. The van der Waals surface area contributed by atoms with Crippen molar-refractivity contribution in [2.75, 3.05) is 0 Å². The molecular weight excluding hydrogens is 759 g/mol. The Labute approximate surface area is 309 Å². The van der Waals surface area contributed by atoms with Gasteiger partial charge in [0, 0.05) is 9.79 Å². The Balaban J connectivity index is 0.000000297. The third kappa shape index (κ3) is 10.2. The van der Waals surface area contributed by atoms with Crippen LogP contribution >= 0.6 is 19.6 Å². The van der Waals surface area contributed by atoms with Crippen molar-refractivity contribution in [3.8, 4) is 44.5 Å². The lowest BCUT2D eigenvalue weighted by molar-refractivity contribution is -0.364. The van der Waals surface area contributed by atoms with E-state index in [-0.39, 0.29) is 0 Å². The van der Waals surface area contributed by atoms with Crippen molar-refractivity contribution in [1.82, 2.24) is 0 Å². The predicted molar refractivity (Wildman–Crippen MR) is 193 cm³/mol. The molecule has 0 saturated heterocycles. The standard InChI is InChI=1S/C37H26S.C2H2F5O4P.CHF3/c1-4-12-26(13-5-1)33-25-34-32-19-11-10-16-29(32)24-35(34)37(36(33)27-14-6-2-7-15-27)28-20-22-31(23-21-28)38-30-17-8-3-9-18-30;3-1(4,5)2(6,7)11-12(8,9)10;2-1(3)4/h1-23,25H,24H2;(H2,8,9,10);1H. The molecule has 0 amide bonds. The van der Waals surface area contributed by atoms with Crippen molar-refractivity contribution >= 4 is 19.6 Å². The molecule has 54 heavy (non-hydrogen) atoms. The van der Waals surface area contributed by atoms with Crippen molar-refractivity contribution in [1.29, 1.82) is 0 Å². The average Bonchev–Trinajstić information content (AvgIpc) is 3.49. The van der Waals surface area contributed by atoms with Gasteiger partial charge in [0.2, 0.25) is 0 Å². The summed E-state index contributed by atoms with van der Waals surface area (Å²) in [6.07, 6.45) is -11.0. The van der Waals surface area contributed by atoms with Gasteiger partial charge >= 0.3 is 26.8 Å². The fourth-order valence-electron chi connectivity index (χ4n) is 5.86. The molecule has 6 aromatic rings. The van der Waals surface area contributed by atoms with E-state index < -0.39 is 26.8 Å². The van der Waals surface area contributed by atoms with E-state index in [1.165, 1.54) is 65.4 Å². The molecule has 0 radical (unpaired) electrons. The Morgan fingerprint density at radius 3 is 1.56 bits per heavy atom. The molecule has 0 aromatic heterocycles. The SMILES string of the molecule is FC(F)F.O=P(O)(O)OC(F)(F)C(F)(F)F.c1ccc(Sc2ccc(-c3c4c(cc(-c5ccccc5)c3-c3ccccc3)-c3ccccc3C4)cc2)cc1. The molecular formula is C40H29F8O4PS. The number of fused-ring (bicyclic) bond motifs is 3. The number of hydrogen-bond donors (Lipinski definition) is 2. The number of phosphoric ester groups is 1. The summed E-state index contributed by atoms with van der Waals surface area (Å²) in [5.74, 6) is 0. The summed E-state index contributed by atoms with van der Waals surface area (Å²) in [6, 6.07) is 52.8. The number of halogens is 8. The molecule has 4 nitrogen and oxygen atoms in total. The first-order valence-corrected chi connectivity index (χ1v) is 18.2. The van der Waals surface area contributed by atoms with Crippen LogP contribution in [0.3, 0.4) is 0 Å². The van der Waals surface area contributed by atoms with Crippen LogP contribution in [0.2, 0.25) is 0 Å². The minimum Gasteiger partial charge on any atom is -0.303 e. The Kier molecular flexibility index (Phi) is 12.8. The summed E-state index contributed by atoms with van der Waals surface area (Å²) in [4.78, 5) is 17.8. The van der Waals surface area contributed by atoms with E-state index >= 15 is 0 Å². The second-order valence-electron chi connectivity index (χ2n) is 11.5. The maximum Gasteiger partial charge on any atom is 0.483 e. The number of hydrogen-bond acceptors (Lipinski definition) is 3. The van der Waals surface area contributed by atoms with E-state index in [0.717, 1.165) is 6.42 Å². The second-order valence-corrected chi connectivity index (χ2v) is 13.9. The fraction of sp³-hybridized carbons (Fsp3) is 0.100. The lowest BCUT2D eigenvalue weighted by atomic mass is 9.82. The highest BCUT2D eigenvalue weighted by Crippen LogP contribution is 2.51. The highest BCUT2D eigenvalue weighted by atomic mass is 32.2. The average molecular weight is 789 g/mol. The smallest absolute Gasteiger partial charge is 0.303 e. The van der Waals surface area contributed by atoms with Gasteiger partial charge in [-0.2, -0.15) is 35.1 Å². The van der Waals surface area contributed by atoms with Gasteiger partial charge in [0.15, 0.2) is 0 Å². The molecule has 0 aliphatic heterocycles. The third-order valence-electron chi connectivity index (χ3n) is 7.94. The van der Waals surface area contributed by atoms with Crippen LogP contribution in [-0.2, 0) is 15.5 Å².